The molecule has 2 N–H and O–H groups in total. The van der Waals surface area contributed by atoms with Gasteiger partial charge in [-0.1, -0.05) is 0 Å². The maximum absolute atomic E-state index is 4.46. The van der Waals surface area contributed by atoms with Crippen molar-refractivity contribution in [2.75, 3.05) is 12.4 Å². The van der Waals surface area contributed by atoms with Crippen molar-refractivity contribution in [2.24, 2.45) is 0 Å². The van der Waals surface area contributed by atoms with Crippen LogP contribution in [0.25, 0.3) is 22.4 Å². The maximum atomic E-state index is 4.46. The van der Waals surface area contributed by atoms with E-state index in [0.29, 0.717) is 11.6 Å². The van der Waals surface area contributed by atoms with Crippen LogP contribution < -0.4 is 5.32 Å². The number of aromatic nitrogens is 5. The predicted molar refractivity (Wildman–Crippen MR) is 69.2 cm³/mol. The highest BCUT2D eigenvalue weighted by Crippen LogP contribution is 2.23. The van der Waals surface area contributed by atoms with Crippen molar-refractivity contribution >= 4 is 17.1 Å². The van der Waals surface area contributed by atoms with E-state index in [0.717, 1.165) is 22.3 Å². The standard InChI is InChI=1S/C12H12N6/c1-7-4-15-12(13-2)18-10(7)8-3-9-11(14-5-8)17-6-16-9/h3-6H,1-2H3,(H,13,15,18)(H,14,16,17). The van der Waals surface area contributed by atoms with Crippen molar-refractivity contribution in [1.29, 1.82) is 0 Å². The van der Waals surface area contributed by atoms with Crippen LogP contribution in [0.4, 0.5) is 5.95 Å². The van der Waals surface area contributed by atoms with Gasteiger partial charge in [-0.15, -0.1) is 0 Å². The zero-order chi connectivity index (χ0) is 12.5. The van der Waals surface area contributed by atoms with Gasteiger partial charge in [0.05, 0.1) is 17.5 Å². The molecule has 6 heteroatoms. The molecular formula is C12H12N6. The minimum atomic E-state index is 0.598. The number of pyridine rings is 1. The summed E-state index contributed by atoms with van der Waals surface area (Å²) in [6, 6.07) is 1.99. The lowest BCUT2D eigenvalue weighted by Gasteiger charge is -2.06. The van der Waals surface area contributed by atoms with E-state index >= 15 is 0 Å². The fraction of sp³-hybridized carbons (Fsp3) is 0.167. The summed E-state index contributed by atoms with van der Waals surface area (Å²) in [5, 5.41) is 2.93. The molecule has 3 aromatic heterocycles. The van der Waals surface area contributed by atoms with E-state index < -0.39 is 0 Å². The number of fused-ring (bicyclic) bond motifs is 1. The molecule has 0 aliphatic heterocycles. The number of aromatic amines is 1. The van der Waals surface area contributed by atoms with Crippen molar-refractivity contribution in [3.8, 4) is 11.3 Å². The van der Waals surface area contributed by atoms with Crippen LogP contribution in [0.2, 0.25) is 0 Å². The summed E-state index contributed by atoms with van der Waals surface area (Å²) in [6.45, 7) is 1.98. The molecular weight excluding hydrogens is 228 g/mol. The Morgan fingerprint density at radius 1 is 1.17 bits per heavy atom. The second-order valence-electron chi connectivity index (χ2n) is 3.97. The Bertz CT molecular complexity index is 703. The predicted octanol–water partition coefficient (Wildman–Crippen LogP) is 1.77. The topological polar surface area (TPSA) is 79.4 Å². The summed E-state index contributed by atoms with van der Waals surface area (Å²) >= 11 is 0. The first-order valence-corrected chi connectivity index (χ1v) is 5.59. The minimum Gasteiger partial charge on any atom is -0.357 e. The molecule has 0 aliphatic carbocycles. The van der Waals surface area contributed by atoms with Gasteiger partial charge in [-0.2, -0.15) is 0 Å². The van der Waals surface area contributed by atoms with Crippen molar-refractivity contribution in [1.82, 2.24) is 24.9 Å². The Labute approximate surface area is 104 Å². The maximum Gasteiger partial charge on any atom is 0.222 e. The Kier molecular flexibility index (Phi) is 2.40. The smallest absolute Gasteiger partial charge is 0.222 e. The van der Waals surface area contributed by atoms with E-state index in [9.17, 15) is 0 Å². The van der Waals surface area contributed by atoms with E-state index in [1.807, 2.05) is 13.0 Å². The molecule has 3 heterocycles. The first kappa shape index (κ1) is 10.6. The van der Waals surface area contributed by atoms with E-state index in [1.54, 1.807) is 25.8 Å². The van der Waals surface area contributed by atoms with E-state index in [-0.39, 0.29) is 0 Å². The molecule has 6 nitrogen and oxygen atoms in total. The molecule has 18 heavy (non-hydrogen) atoms. The lowest BCUT2D eigenvalue weighted by molar-refractivity contribution is 1.12. The Balaban J connectivity index is 2.18. The van der Waals surface area contributed by atoms with Crippen molar-refractivity contribution in [3.63, 3.8) is 0 Å². The highest BCUT2D eigenvalue weighted by atomic mass is 15.1. The number of hydrogen-bond acceptors (Lipinski definition) is 5. The number of hydrogen-bond donors (Lipinski definition) is 2. The van der Waals surface area contributed by atoms with Crippen LogP contribution in [0.15, 0.2) is 24.8 Å². The van der Waals surface area contributed by atoms with Crippen molar-refractivity contribution < 1.29 is 0 Å². The van der Waals surface area contributed by atoms with Gasteiger partial charge in [-0.25, -0.2) is 19.9 Å². The van der Waals surface area contributed by atoms with E-state index in [4.69, 9.17) is 0 Å². The summed E-state index contributed by atoms with van der Waals surface area (Å²) in [6.07, 6.45) is 5.20. The van der Waals surface area contributed by atoms with E-state index in [2.05, 4.69) is 30.2 Å². The molecule has 0 aliphatic rings. The Morgan fingerprint density at radius 3 is 2.89 bits per heavy atom. The van der Waals surface area contributed by atoms with Crippen LogP contribution in [0.3, 0.4) is 0 Å². The molecule has 3 aromatic rings. The van der Waals surface area contributed by atoms with Crippen molar-refractivity contribution in [3.05, 3.63) is 30.4 Å². The van der Waals surface area contributed by atoms with Crippen LogP contribution in [-0.4, -0.2) is 32.0 Å². The summed E-state index contributed by atoms with van der Waals surface area (Å²) in [7, 11) is 1.80. The highest BCUT2D eigenvalue weighted by Gasteiger charge is 2.08. The van der Waals surface area contributed by atoms with Gasteiger partial charge >= 0.3 is 0 Å². The molecule has 0 fully saturated rings. The lowest BCUT2D eigenvalue weighted by Crippen LogP contribution is -1.99. The number of rotatable bonds is 2. The molecule has 0 bridgehead atoms. The van der Waals surface area contributed by atoms with Gasteiger partial charge in [0.15, 0.2) is 5.65 Å². The average Bonchev–Trinajstić information content (AvgIpc) is 2.86. The number of imidazole rings is 1. The summed E-state index contributed by atoms with van der Waals surface area (Å²) in [4.78, 5) is 20.1. The van der Waals surface area contributed by atoms with Crippen molar-refractivity contribution in [2.45, 2.75) is 6.92 Å². The molecule has 0 amide bonds. The first-order chi connectivity index (χ1) is 8.78. The summed E-state index contributed by atoms with van der Waals surface area (Å²) < 4.78 is 0. The zero-order valence-electron chi connectivity index (χ0n) is 10.1. The van der Waals surface area contributed by atoms with Gasteiger partial charge in [0.1, 0.15) is 0 Å². The number of nitrogens with one attached hydrogen (secondary N) is 2. The van der Waals surface area contributed by atoms with Crippen LogP contribution >= 0.6 is 0 Å². The molecule has 0 atom stereocenters. The van der Waals surface area contributed by atoms with Crippen LogP contribution in [-0.2, 0) is 0 Å². The third-order valence-electron chi connectivity index (χ3n) is 2.74. The summed E-state index contributed by atoms with van der Waals surface area (Å²) in [5.41, 5.74) is 4.44. The lowest BCUT2D eigenvalue weighted by atomic mass is 10.1. The molecule has 90 valence electrons. The van der Waals surface area contributed by atoms with E-state index in [1.165, 1.54) is 0 Å². The van der Waals surface area contributed by atoms with Crippen LogP contribution in [0.1, 0.15) is 5.56 Å². The molecule has 0 saturated carbocycles. The summed E-state index contributed by atoms with van der Waals surface area (Å²) in [5.74, 6) is 0.598. The van der Waals surface area contributed by atoms with Gasteiger partial charge in [-0.3, -0.25) is 0 Å². The average molecular weight is 240 g/mol. The Morgan fingerprint density at radius 2 is 2.06 bits per heavy atom. The molecule has 0 aromatic carbocycles. The quantitative estimate of drug-likeness (QED) is 0.713. The number of aryl methyl sites for hydroxylation is 1. The largest absolute Gasteiger partial charge is 0.357 e. The third kappa shape index (κ3) is 1.67. The number of nitrogens with zero attached hydrogens (tertiary/aromatic N) is 4. The second-order valence-corrected chi connectivity index (χ2v) is 3.97. The van der Waals surface area contributed by atoms with Gasteiger partial charge in [-0.05, 0) is 18.6 Å². The first-order valence-electron chi connectivity index (χ1n) is 5.59. The monoisotopic (exact) mass is 240 g/mol. The Hall–Kier alpha value is -2.50. The third-order valence-corrected chi connectivity index (χ3v) is 2.74. The fourth-order valence-corrected chi connectivity index (χ4v) is 1.81. The second kappa shape index (κ2) is 4.06. The molecule has 0 radical (unpaired) electrons. The van der Waals surface area contributed by atoms with Crippen LogP contribution in [0, 0.1) is 6.92 Å². The van der Waals surface area contributed by atoms with Crippen LogP contribution in [0.5, 0.6) is 0 Å². The highest BCUT2D eigenvalue weighted by molar-refractivity contribution is 5.77. The van der Waals surface area contributed by atoms with Gasteiger partial charge in [0, 0.05) is 25.0 Å². The van der Waals surface area contributed by atoms with Gasteiger partial charge in [0.2, 0.25) is 5.95 Å². The molecule has 0 spiro atoms. The number of anilines is 1. The minimum absolute atomic E-state index is 0.598. The molecule has 0 unspecified atom stereocenters. The fourth-order valence-electron chi connectivity index (χ4n) is 1.81. The molecule has 3 rings (SSSR count). The normalized spacial score (nSPS) is 10.8. The number of H-pyrrole nitrogens is 1. The van der Waals surface area contributed by atoms with Gasteiger partial charge < -0.3 is 10.3 Å². The van der Waals surface area contributed by atoms with Gasteiger partial charge in [0.25, 0.3) is 0 Å². The molecule has 0 saturated heterocycles. The SMILES string of the molecule is CNc1ncc(C)c(-c2cnc3nc[nH]c3c2)n1. The zero-order valence-corrected chi connectivity index (χ0v) is 10.1.